The van der Waals surface area contributed by atoms with Crippen molar-refractivity contribution in [2.75, 3.05) is 34.3 Å². The number of nitrogens with one attached hydrogen (secondary N) is 1. The summed E-state index contributed by atoms with van der Waals surface area (Å²) >= 11 is 0. The largest absolute Gasteiger partial charge is 0.872 e. The Bertz CT molecular complexity index is 909. The number of ketones is 1. The second-order valence-electron chi connectivity index (χ2n) is 6.91. The van der Waals surface area contributed by atoms with Crippen LogP contribution in [-0.2, 0) is 9.59 Å². The molecule has 0 bridgehead atoms. The molecule has 146 valence electrons. The van der Waals surface area contributed by atoms with Crippen molar-refractivity contribution < 1.29 is 24.3 Å². The first-order chi connectivity index (χ1) is 13.5. The van der Waals surface area contributed by atoms with E-state index in [0.29, 0.717) is 30.0 Å². The van der Waals surface area contributed by atoms with Gasteiger partial charge in [0.2, 0.25) is 5.78 Å². The van der Waals surface area contributed by atoms with Crippen LogP contribution >= 0.6 is 0 Å². The van der Waals surface area contributed by atoms with Gasteiger partial charge in [0.05, 0.1) is 40.3 Å². The number of hydrogen-bond donors (Lipinski definition) is 1. The van der Waals surface area contributed by atoms with E-state index in [0.717, 1.165) is 4.90 Å². The highest BCUT2D eigenvalue weighted by molar-refractivity contribution is 6.46. The van der Waals surface area contributed by atoms with Gasteiger partial charge in [0.25, 0.3) is 5.91 Å². The second kappa shape index (κ2) is 8.22. The fraction of sp³-hybridized carbons (Fsp3) is 0.286. The molecule has 1 aliphatic rings. The number of amides is 1. The molecule has 1 saturated heterocycles. The van der Waals surface area contributed by atoms with Crippen molar-refractivity contribution in [1.29, 1.82) is 0 Å². The molecule has 0 spiro atoms. The Morgan fingerprint density at radius 2 is 1.86 bits per heavy atom. The van der Waals surface area contributed by atoms with Crippen LogP contribution in [0.25, 0.3) is 5.76 Å². The Morgan fingerprint density at radius 1 is 1.18 bits per heavy atom. The normalized spacial score (nSPS) is 18.7. The number of quaternary nitrogens is 1. The molecule has 1 aromatic carbocycles. The average molecular weight is 381 g/mol. The molecule has 0 aliphatic carbocycles. The molecule has 1 N–H and O–H groups in total. The van der Waals surface area contributed by atoms with Crippen molar-refractivity contribution in [3.05, 3.63) is 65.5 Å². The minimum absolute atomic E-state index is 0.0468. The van der Waals surface area contributed by atoms with Gasteiger partial charge in [0, 0.05) is 23.5 Å². The lowest BCUT2D eigenvalue weighted by atomic mass is 9.95. The minimum Gasteiger partial charge on any atom is -0.872 e. The van der Waals surface area contributed by atoms with Gasteiger partial charge in [-0.25, -0.2) is 0 Å². The van der Waals surface area contributed by atoms with E-state index in [2.05, 4.69) is 4.98 Å². The smallest absolute Gasteiger partial charge is 0.295 e. The van der Waals surface area contributed by atoms with Gasteiger partial charge in [0.15, 0.2) is 0 Å². The van der Waals surface area contributed by atoms with E-state index in [1.165, 1.54) is 24.4 Å². The number of para-hydroxylation sites is 1. The molecule has 7 heteroatoms. The summed E-state index contributed by atoms with van der Waals surface area (Å²) in [5.41, 5.74) is 0.899. The maximum absolute atomic E-state index is 13.2. The summed E-state index contributed by atoms with van der Waals surface area (Å²) in [6.45, 7) is 0.990. The molecule has 1 aromatic heterocycles. The fourth-order valence-corrected chi connectivity index (χ4v) is 3.32. The first kappa shape index (κ1) is 19.6. The van der Waals surface area contributed by atoms with Crippen molar-refractivity contribution in [1.82, 2.24) is 9.88 Å². The lowest BCUT2D eigenvalue weighted by molar-refractivity contribution is -0.857. The molecular weight excluding hydrogens is 358 g/mol. The first-order valence-corrected chi connectivity index (χ1v) is 9.04. The molecule has 1 aliphatic heterocycles. The number of pyridine rings is 1. The third kappa shape index (κ3) is 3.61. The molecule has 0 radical (unpaired) electrons. The van der Waals surface area contributed by atoms with Gasteiger partial charge in [-0.15, -0.1) is 0 Å². The lowest BCUT2D eigenvalue weighted by Crippen LogP contribution is -3.06. The van der Waals surface area contributed by atoms with Crippen LogP contribution in [0.5, 0.6) is 5.75 Å². The molecule has 28 heavy (non-hydrogen) atoms. The van der Waals surface area contributed by atoms with E-state index in [1.54, 1.807) is 36.4 Å². The van der Waals surface area contributed by atoms with Crippen LogP contribution in [0.3, 0.4) is 0 Å². The number of carbonyl (C=O) groups excluding carboxylic acids is 2. The van der Waals surface area contributed by atoms with E-state index in [4.69, 9.17) is 4.74 Å². The minimum atomic E-state index is -0.781. The zero-order valence-electron chi connectivity index (χ0n) is 16.1. The number of Topliss-reactive ketones (excluding diaryl/α,β-unsaturated/α-hetero) is 1. The molecule has 1 amide bonds. The van der Waals surface area contributed by atoms with Gasteiger partial charge < -0.3 is 19.6 Å². The predicted molar refractivity (Wildman–Crippen MR) is 101 cm³/mol. The van der Waals surface area contributed by atoms with Crippen molar-refractivity contribution in [2.45, 2.75) is 6.04 Å². The third-order valence-corrected chi connectivity index (χ3v) is 4.76. The van der Waals surface area contributed by atoms with Crippen molar-refractivity contribution in [2.24, 2.45) is 0 Å². The van der Waals surface area contributed by atoms with Crippen LogP contribution < -0.4 is 14.7 Å². The quantitative estimate of drug-likeness (QED) is 0.413. The Hall–Kier alpha value is -3.19. The van der Waals surface area contributed by atoms with E-state index in [9.17, 15) is 14.7 Å². The lowest BCUT2D eigenvalue weighted by Gasteiger charge is -2.28. The number of rotatable bonds is 6. The van der Waals surface area contributed by atoms with E-state index < -0.39 is 23.5 Å². The first-order valence-electron chi connectivity index (χ1n) is 9.04. The molecule has 7 nitrogen and oxygen atoms in total. The SMILES string of the molecule is COc1ccccc1C1C(=C([O-])c2ccncc2)C(=O)C(=O)N1CC[NH+](C)C. The standard InChI is InChI=1S/C21H23N3O4/c1-23(2)12-13-24-18(15-6-4-5-7-16(15)28-3)17(20(26)21(24)27)19(25)14-8-10-22-11-9-14/h4-11,18,25H,12-13H2,1-3H3. The molecule has 1 fully saturated rings. The monoisotopic (exact) mass is 381 g/mol. The Morgan fingerprint density at radius 3 is 2.50 bits per heavy atom. The Balaban J connectivity index is 2.18. The van der Waals surface area contributed by atoms with Gasteiger partial charge in [-0.1, -0.05) is 24.0 Å². The number of aromatic nitrogens is 1. The number of likely N-dealkylation sites (N-methyl/N-ethyl adjacent to an activating group) is 1. The van der Waals surface area contributed by atoms with Crippen molar-refractivity contribution in [3.8, 4) is 5.75 Å². The highest BCUT2D eigenvalue weighted by atomic mass is 16.5. The average Bonchev–Trinajstić information content (AvgIpc) is 2.96. The summed E-state index contributed by atoms with van der Waals surface area (Å²) in [5, 5.41) is 13.2. The van der Waals surface area contributed by atoms with Crippen LogP contribution in [0.15, 0.2) is 54.4 Å². The van der Waals surface area contributed by atoms with Crippen LogP contribution in [0.4, 0.5) is 0 Å². The third-order valence-electron chi connectivity index (χ3n) is 4.76. The highest BCUT2D eigenvalue weighted by Gasteiger charge is 2.45. The number of hydrogen-bond acceptors (Lipinski definition) is 5. The van der Waals surface area contributed by atoms with Crippen LogP contribution in [0, 0.1) is 0 Å². The van der Waals surface area contributed by atoms with Crippen LogP contribution in [0.2, 0.25) is 0 Å². The number of nitrogens with zero attached hydrogens (tertiary/aromatic N) is 2. The summed E-state index contributed by atoms with van der Waals surface area (Å²) in [5.74, 6) is -1.35. The van der Waals surface area contributed by atoms with Gasteiger partial charge in [-0.2, -0.15) is 0 Å². The molecule has 0 saturated carbocycles. The van der Waals surface area contributed by atoms with Gasteiger partial charge in [-0.05, 0) is 23.8 Å². The van der Waals surface area contributed by atoms with Crippen LogP contribution in [0.1, 0.15) is 17.2 Å². The summed E-state index contributed by atoms with van der Waals surface area (Å²) in [4.78, 5) is 32.2. The van der Waals surface area contributed by atoms with Gasteiger partial charge in [0.1, 0.15) is 5.75 Å². The summed E-state index contributed by atoms with van der Waals surface area (Å²) in [6.07, 6.45) is 2.97. The molecule has 1 unspecified atom stereocenters. The summed E-state index contributed by atoms with van der Waals surface area (Å²) in [7, 11) is 5.45. The molecule has 2 aromatic rings. The highest BCUT2D eigenvalue weighted by Crippen LogP contribution is 2.41. The number of likely N-dealkylation sites (tertiary alicyclic amines) is 1. The molecule has 3 rings (SSSR count). The zero-order chi connectivity index (χ0) is 20.3. The maximum Gasteiger partial charge on any atom is 0.295 e. The van der Waals surface area contributed by atoms with Gasteiger partial charge >= 0.3 is 0 Å². The number of ether oxygens (including phenoxy) is 1. The van der Waals surface area contributed by atoms with E-state index in [-0.39, 0.29) is 5.57 Å². The predicted octanol–water partition coefficient (Wildman–Crippen LogP) is -0.541. The summed E-state index contributed by atoms with van der Waals surface area (Å²) in [6, 6.07) is 9.44. The van der Waals surface area contributed by atoms with Gasteiger partial charge in [-0.3, -0.25) is 14.6 Å². The number of methoxy groups -OCH3 is 1. The van der Waals surface area contributed by atoms with Crippen molar-refractivity contribution in [3.63, 3.8) is 0 Å². The van der Waals surface area contributed by atoms with E-state index >= 15 is 0 Å². The van der Waals surface area contributed by atoms with E-state index in [1.807, 2.05) is 14.1 Å². The Labute approximate surface area is 163 Å². The molecular formula is C21H23N3O4. The van der Waals surface area contributed by atoms with Crippen LogP contribution in [-0.4, -0.2) is 55.9 Å². The summed E-state index contributed by atoms with van der Waals surface area (Å²) < 4.78 is 5.45. The van der Waals surface area contributed by atoms with Crippen molar-refractivity contribution >= 4 is 17.4 Å². The fourth-order valence-electron chi connectivity index (χ4n) is 3.32. The molecule has 1 atom stereocenters. The topological polar surface area (TPSA) is 87.0 Å². The maximum atomic E-state index is 13.2. The zero-order valence-corrected chi connectivity index (χ0v) is 16.1. The second-order valence-corrected chi connectivity index (χ2v) is 6.91. The Kier molecular flexibility index (Phi) is 5.75. The number of benzene rings is 1. The number of carbonyl (C=O) groups is 2. The molecule has 2 heterocycles.